The summed E-state index contributed by atoms with van der Waals surface area (Å²) < 4.78 is 11.2. The molecule has 0 aliphatic heterocycles. The second-order valence-corrected chi connectivity index (χ2v) is 7.84. The maximum Gasteiger partial charge on any atom is 0.324 e. The lowest BCUT2D eigenvalue weighted by Gasteiger charge is -2.38. The standard InChI is InChI=1S/C19H34O4/c1-13(2)12-22-17(20)19(14(3)4,15(5)6)18(21)23-16-10-8-7-9-11-16/h13-16H,7-12H2,1-6H3. The van der Waals surface area contributed by atoms with E-state index < -0.39 is 17.4 Å². The number of carbonyl (C=O) groups excluding carboxylic acids is 2. The third-order valence-corrected chi connectivity index (χ3v) is 4.87. The van der Waals surface area contributed by atoms with Crippen LogP contribution in [0.15, 0.2) is 0 Å². The van der Waals surface area contributed by atoms with E-state index in [1.54, 1.807) is 0 Å². The molecule has 0 heterocycles. The molecule has 0 atom stereocenters. The maximum absolute atomic E-state index is 13.0. The topological polar surface area (TPSA) is 52.6 Å². The van der Waals surface area contributed by atoms with Crippen molar-refractivity contribution in [2.45, 2.75) is 79.8 Å². The SMILES string of the molecule is CC(C)COC(=O)C(C(=O)OC1CCCCC1)(C(C)C)C(C)C. The van der Waals surface area contributed by atoms with Crippen molar-refractivity contribution in [1.82, 2.24) is 0 Å². The number of ether oxygens (including phenoxy) is 2. The van der Waals surface area contributed by atoms with Crippen molar-refractivity contribution < 1.29 is 19.1 Å². The summed E-state index contributed by atoms with van der Waals surface area (Å²) in [4.78, 5) is 25.8. The van der Waals surface area contributed by atoms with E-state index in [-0.39, 0.29) is 23.9 Å². The molecule has 1 aliphatic carbocycles. The Morgan fingerprint density at radius 3 is 1.87 bits per heavy atom. The molecule has 0 amide bonds. The third kappa shape index (κ3) is 4.71. The highest BCUT2D eigenvalue weighted by Gasteiger charge is 2.54. The molecule has 0 spiro atoms. The second kappa shape index (κ2) is 8.70. The first-order chi connectivity index (χ1) is 10.7. The fourth-order valence-corrected chi connectivity index (χ4v) is 3.49. The molecule has 0 unspecified atom stereocenters. The van der Waals surface area contributed by atoms with Crippen LogP contribution >= 0.6 is 0 Å². The molecule has 0 N–H and O–H groups in total. The molecule has 23 heavy (non-hydrogen) atoms. The predicted octanol–water partition coefficient (Wildman–Crippen LogP) is 4.36. The minimum absolute atomic E-state index is 0.0500. The third-order valence-electron chi connectivity index (χ3n) is 4.87. The van der Waals surface area contributed by atoms with Crippen LogP contribution in [-0.2, 0) is 19.1 Å². The summed E-state index contributed by atoms with van der Waals surface area (Å²) in [7, 11) is 0. The molecule has 4 heteroatoms. The van der Waals surface area contributed by atoms with Crippen molar-refractivity contribution in [3.05, 3.63) is 0 Å². The molecule has 1 saturated carbocycles. The Hall–Kier alpha value is -1.06. The smallest absolute Gasteiger partial charge is 0.324 e. The molecule has 0 aromatic heterocycles. The highest BCUT2D eigenvalue weighted by Crippen LogP contribution is 2.40. The molecule has 0 aromatic carbocycles. The van der Waals surface area contributed by atoms with E-state index >= 15 is 0 Å². The monoisotopic (exact) mass is 326 g/mol. The zero-order valence-corrected chi connectivity index (χ0v) is 15.7. The van der Waals surface area contributed by atoms with Gasteiger partial charge >= 0.3 is 11.9 Å². The zero-order valence-electron chi connectivity index (χ0n) is 15.7. The molecule has 134 valence electrons. The predicted molar refractivity (Wildman–Crippen MR) is 90.9 cm³/mol. The highest BCUT2D eigenvalue weighted by atomic mass is 16.6. The van der Waals surface area contributed by atoms with Gasteiger partial charge in [-0.3, -0.25) is 9.59 Å². The van der Waals surface area contributed by atoms with Crippen molar-refractivity contribution in [1.29, 1.82) is 0 Å². The van der Waals surface area contributed by atoms with Gasteiger partial charge in [-0.25, -0.2) is 0 Å². The van der Waals surface area contributed by atoms with Crippen molar-refractivity contribution in [2.75, 3.05) is 6.61 Å². The van der Waals surface area contributed by atoms with Crippen molar-refractivity contribution >= 4 is 11.9 Å². The second-order valence-electron chi connectivity index (χ2n) is 7.84. The van der Waals surface area contributed by atoms with Crippen LogP contribution < -0.4 is 0 Å². The van der Waals surface area contributed by atoms with Gasteiger partial charge in [0.1, 0.15) is 6.10 Å². The van der Waals surface area contributed by atoms with E-state index in [0.717, 1.165) is 25.7 Å². The van der Waals surface area contributed by atoms with Gasteiger partial charge in [-0.2, -0.15) is 0 Å². The first kappa shape index (κ1) is 20.0. The van der Waals surface area contributed by atoms with Gasteiger partial charge in [0.25, 0.3) is 0 Å². The van der Waals surface area contributed by atoms with E-state index in [9.17, 15) is 9.59 Å². The van der Waals surface area contributed by atoms with Crippen LogP contribution in [0.4, 0.5) is 0 Å². The lowest BCUT2D eigenvalue weighted by molar-refractivity contribution is -0.185. The van der Waals surface area contributed by atoms with Gasteiger partial charge in [-0.05, 0) is 43.4 Å². The van der Waals surface area contributed by atoms with Crippen LogP contribution in [0.1, 0.15) is 73.6 Å². The molecular weight excluding hydrogens is 292 g/mol. The van der Waals surface area contributed by atoms with E-state index in [2.05, 4.69) is 0 Å². The summed E-state index contributed by atoms with van der Waals surface area (Å²) >= 11 is 0. The van der Waals surface area contributed by atoms with Gasteiger partial charge in [0.2, 0.25) is 0 Å². The minimum atomic E-state index is -1.22. The summed E-state index contributed by atoms with van der Waals surface area (Å²) in [5, 5.41) is 0. The van der Waals surface area contributed by atoms with Gasteiger partial charge in [0.15, 0.2) is 5.41 Å². The van der Waals surface area contributed by atoms with Gasteiger partial charge < -0.3 is 9.47 Å². The first-order valence-corrected chi connectivity index (χ1v) is 9.11. The number of hydrogen-bond acceptors (Lipinski definition) is 4. The lowest BCUT2D eigenvalue weighted by atomic mass is 9.68. The fraction of sp³-hybridized carbons (Fsp3) is 0.895. The van der Waals surface area contributed by atoms with Crippen molar-refractivity contribution in [2.24, 2.45) is 23.2 Å². The average Bonchev–Trinajstić information content (AvgIpc) is 2.46. The van der Waals surface area contributed by atoms with Gasteiger partial charge in [-0.1, -0.05) is 48.0 Å². The Labute approximate surface area is 141 Å². The number of carbonyl (C=O) groups is 2. The fourth-order valence-electron chi connectivity index (χ4n) is 3.49. The Morgan fingerprint density at radius 2 is 1.43 bits per heavy atom. The van der Waals surface area contributed by atoms with Gasteiger partial charge in [0.05, 0.1) is 6.61 Å². The summed E-state index contributed by atoms with van der Waals surface area (Å²) in [6.07, 6.45) is 5.13. The first-order valence-electron chi connectivity index (χ1n) is 9.11. The largest absolute Gasteiger partial charge is 0.465 e. The van der Waals surface area contributed by atoms with Gasteiger partial charge in [0, 0.05) is 0 Å². The van der Waals surface area contributed by atoms with E-state index in [1.165, 1.54) is 6.42 Å². The number of hydrogen-bond donors (Lipinski definition) is 0. The Balaban J connectivity index is 2.97. The van der Waals surface area contributed by atoms with Crippen LogP contribution in [0.3, 0.4) is 0 Å². The van der Waals surface area contributed by atoms with Crippen LogP contribution in [-0.4, -0.2) is 24.6 Å². The van der Waals surface area contributed by atoms with Crippen molar-refractivity contribution in [3.8, 4) is 0 Å². The highest BCUT2D eigenvalue weighted by molar-refractivity contribution is 6.00. The normalized spacial score (nSPS) is 16.9. The zero-order chi connectivity index (χ0) is 17.6. The number of esters is 2. The molecule has 1 rings (SSSR count). The maximum atomic E-state index is 13.0. The van der Waals surface area contributed by atoms with Crippen LogP contribution in [0, 0.1) is 23.2 Å². The van der Waals surface area contributed by atoms with Crippen molar-refractivity contribution in [3.63, 3.8) is 0 Å². The van der Waals surface area contributed by atoms with E-state index in [0.29, 0.717) is 6.61 Å². The molecule has 0 saturated heterocycles. The Morgan fingerprint density at radius 1 is 0.913 bits per heavy atom. The molecule has 1 aliphatic rings. The lowest BCUT2D eigenvalue weighted by Crippen LogP contribution is -2.51. The summed E-state index contributed by atoms with van der Waals surface area (Å²) in [6.45, 7) is 11.9. The van der Waals surface area contributed by atoms with Gasteiger partial charge in [-0.15, -0.1) is 0 Å². The van der Waals surface area contributed by atoms with Crippen LogP contribution in [0.2, 0.25) is 0 Å². The quantitative estimate of drug-likeness (QED) is 0.515. The van der Waals surface area contributed by atoms with Crippen LogP contribution in [0.25, 0.3) is 0 Å². The molecule has 1 fully saturated rings. The average molecular weight is 326 g/mol. The summed E-state index contributed by atoms with van der Waals surface area (Å²) in [5.74, 6) is -0.929. The molecule has 0 aromatic rings. The molecule has 0 radical (unpaired) electrons. The molecule has 4 nitrogen and oxygen atoms in total. The van der Waals surface area contributed by atoms with Crippen LogP contribution in [0.5, 0.6) is 0 Å². The summed E-state index contributed by atoms with van der Waals surface area (Å²) in [5.41, 5.74) is -1.22. The summed E-state index contributed by atoms with van der Waals surface area (Å²) in [6, 6.07) is 0. The molecular formula is C19H34O4. The molecule has 0 bridgehead atoms. The van der Waals surface area contributed by atoms with E-state index in [4.69, 9.17) is 9.47 Å². The number of rotatable bonds is 7. The Bertz CT molecular complexity index is 384. The van der Waals surface area contributed by atoms with E-state index in [1.807, 2.05) is 41.5 Å². The Kier molecular flexibility index (Phi) is 7.56. The minimum Gasteiger partial charge on any atom is -0.465 e.